The van der Waals surface area contributed by atoms with Gasteiger partial charge in [-0.2, -0.15) is 0 Å². The molecule has 0 aromatic rings. The highest BCUT2D eigenvalue weighted by atomic mass is 16.3. The summed E-state index contributed by atoms with van der Waals surface area (Å²) < 4.78 is 0. The van der Waals surface area contributed by atoms with Crippen LogP contribution < -0.4 is 5.73 Å². The van der Waals surface area contributed by atoms with E-state index in [0.717, 1.165) is 6.42 Å². The standard InChI is InChI=1S/C7H13NO/c8-7(5-9)4-6(7)2-1-3-6/h9H,1-5,8H2. The van der Waals surface area contributed by atoms with Crippen LogP contribution in [0.25, 0.3) is 0 Å². The van der Waals surface area contributed by atoms with E-state index in [1.165, 1.54) is 19.3 Å². The van der Waals surface area contributed by atoms with Crippen molar-refractivity contribution in [2.75, 3.05) is 6.61 Å². The average Bonchev–Trinajstić information content (AvgIpc) is 2.38. The van der Waals surface area contributed by atoms with Crippen molar-refractivity contribution in [3.8, 4) is 0 Å². The van der Waals surface area contributed by atoms with Gasteiger partial charge in [0.2, 0.25) is 0 Å². The highest BCUT2D eigenvalue weighted by molar-refractivity contribution is 5.22. The Bertz CT molecular complexity index is 134. The van der Waals surface area contributed by atoms with Crippen molar-refractivity contribution in [3.63, 3.8) is 0 Å². The molecule has 1 atom stereocenters. The van der Waals surface area contributed by atoms with E-state index in [1.807, 2.05) is 0 Å². The molecule has 2 fully saturated rings. The van der Waals surface area contributed by atoms with Crippen LogP contribution in [0.15, 0.2) is 0 Å². The third-order valence-electron chi connectivity index (χ3n) is 3.18. The first-order valence-electron chi connectivity index (χ1n) is 3.62. The van der Waals surface area contributed by atoms with Crippen LogP contribution in [0.2, 0.25) is 0 Å². The Morgan fingerprint density at radius 1 is 1.44 bits per heavy atom. The van der Waals surface area contributed by atoms with E-state index in [2.05, 4.69) is 0 Å². The molecule has 2 aliphatic carbocycles. The molecule has 2 heteroatoms. The minimum Gasteiger partial charge on any atom is -0.394 e. The Balaban J connectivity index is 2.06. The van der Waals surface area contributed by atoms with Crippen LogP contribution in [0.3, 0.4) is 0 Å². The van der Waals surface area contributed by atoms with E-state index in [4.69, 9.17) is 10.8 Å². The summed E-state index contributed by atoms with van der Waals surface area (Å²) in [6, 6.07) is 0. The van der Waals surface area contributed by atoms with Crippen molar-refractivity contribution >= 4 is 0 Å². The second-order valence-corrected chi connectivity index (χ2v) is 3.62. The minimum atomic E-state index is -0.161. The summed E-state index contributed by atoms with van der Waals surface area (Å²) >= 11 is 0. The number of aliphatic hydroxyl groups is 1. The quantitative estimate of drug-likeness (QED) is 0.530. The van der Waals surface area contributed by atoms with Gasteiger partial charge in [-0.05, 0) is 24.7 Å². The minimum absolute atomic E-state index is 0.161. The van der Waals surface area contributed by atoms with Gasteiger partial charge in [0.15, 0.2) is 0 Å². The van der Waals surface area contributed by atoms with Crippen molar-refractivity contribution in [1.29, 1.82) is 0 Å². The van der Waals surface area contributed by atoms with E-state index in [-0.39, 0.29) is 12.1 Å². The van der Waals surface area contributed by atoms with Gasteiger partial charge < -0.3 is 10.8 Å². The first-order chi connectivity index (χ1) is 4.22. The maximum atomic E-state index is 8.84. The maximum absolute atomic E-state index is 8.84. The number of aliphatic hydroxyl groups excluding tert-OH is 1. The molecule has 9 heavy (non-hydrogen) atoms. The van der Waals surface area contributed by atoms with Crippen molar-refractivity contribution < 1.29 is 5.11 Å². The molecular weight excluding hydrogens is 114 g/mol. The fourth-order valence-corrected chi connectivity index (χ4v) is 2.06. The Hall–Kier alpha value is -0.0800. The smallest absolute Gasteiger partial charge is 0.0616 e. The Morgan fingerprint density at radius 3 is 2.22 bits per heavy atom. The van der Waals surface area contributed by atoms with Crippen LogP contribution in [0.4, 0.5) is 0 Å². The van der Waals surface area contributed by atoms with E-state index in [9.17, 15) is 0 Å². The van der Waals surface area contributed by atoms with Crippen molar-refractivity contribution in [2.45, 2.75) is 31.2 Å². The topological polar surface area (TPSA) is 46.2 Å². The molecule has 0 aliphatic heterocycles. The molecule has 2 aliphatic rings. The van der Waals surface area contributed by atoms with E-state index >= 15 is 0 Å². The fourth-order valence-electron chi connectivity index (χ4n) is 2.06. The van der Waals surface area contributed by atoms with Gasteiger partial charge in [-0.3, -0.25) is 0 Å². The molecule has 0 amide bonds. The second kappa shape index (κ2) is 1.32. The second-order valence-electron chi connectivity index (χ2n) is 3.62. The molecule has 0 bridgehead atoms. The Labute approximate surface area is 55.1 Å². The third-order valence-corrected chi connectivity index (χ3v) is 3.18. The monoisotopic (exact) mass is 127 g/mol. The van der Waals surface area contributed by atoms with Gasteiger partial charge in [0.1, 0.15) is 0 Å². The zero-order valence-corrected chi connectivity index (χ0v) is 5.56. The zero-order valence-electron chi connectivity index (χ0n) is 5.56. The predicted molar refractivity (Wildman–Crippen MR) is 34.9 cm³/mol. The summed E-state index contributed by atoms with van der Waals surface area (Å²) in [5, 5.41) is 8.84. The Morgan fingerprint density at radius 2 is 2.11 bits per heavy atom. The third kappa shape index (κ3) is 0.485. The fraction of sp³-hybridized carbons (Fsp3) is 1.00. The first-order valence-corrected chi connectivity index (χ1v) is 3.62. The summed E-state index contributed by atoms with van der Waals surface area (Å²) in [5.41, 5.74) is 6.08. The van der Waals surface area contributed by atoms with Crippen LogP contribution in [-0.4, -0.2) is 17.3 Å². The molecule has 1 spiro atoms. The SMILES string of the molecule is NC1(CO)CC12CCC2. The lowest BCUT2D eigenvalue weighted by molar-refractivity contribution is 0.174. The van der Waals surface area contributed by atoms with Crippen molar-refractivity contribution in [3.05, 3.63) is 0 Å². The lowest BCUT2D eigenvalue weighted by Gasteiger charge is -2.29. The molecule has 2 saturated carbocycles. The summed E-state index contributed by atoms with van der Waals surface area (Å²) in [6.07, 6.45) is 4.89. The predicted octanol–water partition coefficient (Wildman–Crippen LogP) is 0.250. The molecule has 0 aromatic carbocycles. The van der Waals surface area contributed by atoms with Crippen molar-refractivity contribution in [1.82, 2.24) is 0 Å². The van der Waals surface area contributed by atoms with Gasteiger partial charge in [0, 0.05) is 5.54 Å². The molecule has 0 aromatic heterocycles. The maximum Gasteiger partial charge on any atom is 0.0616 e. The van der Waals surface area contributed by atoms with Crippen LogP contribution in [0, 0.1) is 5.41 Å². The highest BCUT2D eigenvalue weighted by Crippen LogP contribution is 2.66. The summed E-state index contributed by atoms with van der Waals surface area (Å²) in [7, 11) is 0. The van der Waals surface area contributed by atoms with Crippen molar-refractivity contribution in [2.24, 2.45) is 11.1 Å². The molecule has 0 heterocycles. The largest absolute Gasteiger partial charge is 0.394 e. The normalized spacial score (nSPS) is 44.7. The van der Waals surface area contributed by atoms with E-state index in [1.54, 1.807) is 0 Å². The van der Waals surface area contributed by atoms with Crippen LogP contribution in [0.5, 0.6) is 0 Å². The van der Waals surface area contributed by atoms with Gasteiger partial charge in [-0.1, -0.05) is 6.42 Å². The van der Waals surface area contributed by atoms with E-state index < -0.39 is 0 Å². The molecule has 3 N–H and O–H groups in total. The van der Waals surface area contributed by atoms with Gasteiger partial charge in [0.25, 0.3) is 0 Å². The van der Waals surface area contributed by atoms with Crippen LogP contribution in [0.1, 0.15) is 25.7 Å². The average molecular weight is 127 g/mol. The first kappa shape index (κ1) is 5.69. The molecule has 0 saturated heterocycles. The summed E-state index contributed by atoms with van der Waals surface area (Å²) in [5.74, 6) is 0. The molecule has 0 radical (unpaired) electrons. The molecule has 2 nitrogen and oxygen atoms in total. The van der Waals surface area contributed by atoms with Gasteiger partial charge in [-0.15, -0.1) is 0 Å². The number of nitrogens with two attached hydrogens (primary N) is 1. The van der Waals surface area contributed by atoms with Crippen LogP contribution >= 0.6 is 0 Å². The Kier molecular flexibility index (Phi) is 0.837. The molecular formula is C7H13NO. The van der Waals surface area contributed by atoms with Crippen LogP contribution in [-0.2, 0) is 0 Å². The highest BCUT2D eigenvalue weighted by Gasteiger charge is 2.67. The number of rotatable bonds is 1. The van der Waals surface area contributed by atoms with Gasteiger partial charge >= 0.3 is 0 Å². The summed E-state index contributed by atoms with van der Waals surface area (Å²) in [4.78, 5) is 0. The van der Waals surface area contributed by atoms with Gasteiger partial charge in [0.05, 0.1) is 6.61 Å². The number of hydrogen-bond acceptors (Lipinski definition) is 2. The van der Waals surface area contributed by atoms with Gasteiger partial charge in [-0.25, -0.2) is 0 Å². The lowest BCUT2D eigenvalue weighted by Crippen LogP contribution is -2.37. The number of hydrogen-bond donors (Lipinski definition) is 2. The zero-order chi connectivity index (χ0) is 6.54. The summed E-state index contributed by atoms with van der Waals surface area (Å²) in [6.45, 7) is 0.188. The molecule has 1 unspecified atom stereocenters. The van der Waals surface area contributed by atoms with E-state index in [0.29, 0.717) is 5.41 Å². The molecule has 52 valence electrons. The lowest BCUT2D eigenvalue weighted by atomic mass is 9.78. The molecule has 2 rings (SSSR count).